The Morgan fingerprint density at radius 1 is 0.750 bits per heavy atom. The minimum Gasteiger partial charge on any atom is -0.497 e. The van der Waals surface area contributed by atoms with Crippen LogP contribution in [0, 0.1) is 11.8 Å². The summed E-state index contributed by atoms with van der Waals surface area (Å²) in [5, 5.41) is 5.90. The number of benzene rings is 2. The average molecular weight is 382 g/mol. The van der Waals surface area contributed by atoms with Gasteiger partial charge in [-0.2, -0.15) is 0 Å². The van der Waals surface area contributed by atoms with E-state index in [4.69, 9.17) is 9.47 Å². The second-order valence-corrected chi connectivity index (χ2v) is 6.99. The Morgan fingerprint density at radius 2 is 1.29 bits per heavy atom. The smallest absolute Gasteiger partial charge is 0.227 e. The van der Waals surface area contributed by atoms with Crippen LogP contribution in [0.1, 0.15) is 25.7 Å². The molecule has 3 rings (SSSR count). The van der Waals surface area contributed by atoms with E-state index in [1.54, 1.807) is 20.3 Å². The highest BCUT2D eigenvalue weighted by molar-refractivity contribution is 5.94. The summed E-state index contributed by atoms with van der Waals surface area (Å²) in [7, 11) is 3.20. The lowest BCUT2D eigenvalue weighted by molar-refractivity contribution is -0.125. The molecule has 0 atom stereocenters. The van der Waals surface area contributed by atoms with E-state index >= 15 is 0 Å². The van der Waals surface area contributed by atoms with Gasteiger partial charge in [0.1, 0.15) is 11.5 Å². The van der Waals surface area contributed by atoms with Gasteiger partial charge in [-0.1, -0.05) is 6.07 Å². The summed E-state index contributed by atoms with van der Waals surface area (Å²) in [6.07, 6.45) is 2.82. The van der Waals surface area contributed by atoms with Crippen LogP contribution in [0.15, 0.2) is 48.5 Å². The zero-order chi connectivity index (χ0) is 19.9. The number of amides is 2. The van der Waals surface area contributed by atoms with Crippen LogP contribution in [0.3, 0.4) is 0 Å². The van der Waals surface area contributed by atoms with E-state index in [1.165, 1.54) is 0 Å². The molecule has 0 bridgehead atoms. The molecule has 6 heteroatoms. The van der Waals surface area contributed by atoms with Gasteiger partial charge in [-0.25, -0.2) is 0 Å². The van der Waals surface area contributed by atoms with Gasteiger partial charge in [-0.05, 0) is 62.1 Å². The number of rotatable bonds is 6. The number of nitrogens with one attached hydrogen (secondary N) is 2. The molecule has 28 heavy (non-hydrogen) atoms. The van der Waals surface area contributed by atoms with Gasteiger partial charge in [0.05, 0.1) is 14.2 Å². The Balaban J connectivity index is 1.48. The minimum absolute atomic E-state index is 0.00210. The second kappa shape index (κ2) is 9.26. The van der Waals surface area contributed by atoms with Gasteiger partial charge in [-0.3, -0.25) is 9.59 Å². The summed E-state index contributed by atoms with van der Waals surface area (Å²) >= 11 is 0. The highest BCUT2D eigenvalue weighted by Crippen LogP contribution is 2.31. The van der Waals surface area contributed by atoms with Crippen molar-refractivity contribution in [2.75, 3.05) is 24.9 Å². The predicted molar refractivity (Wildman–Crippen MR) is 109 cm³/mol. The number of anilines is 2. The van der Waals surface area contributed by atoms with Gasteiger partial charge in [-0.15, -0.1) is 0 Å². The largest absolute Gasteiger partial charge is 0.497 e. The SMILES string of the molecule is COc1ccc(NC(=O)C2CCC(C(=O)Nc3cccc(OC)c3)CC2)cc1. The molecule has 0 spiro atoms. The van der Waals surface area contributed by atoms with Crippen LogP contribution < -0.4 is 20.1 Å². The van der Waals surface area contributed by atoms with Crippen molar-refractivity contribution in [3.8, 4) is 11.5 Å². The number of methoxy groups -OCH3 is 2. The van der Waals surface area contributed by atoms with Crippen molar-refractivity contribution >= 4 is 23.2 Å². The Kier molecular flexibility index (Phi) is 6.53. The summed E-state index contributed by atoms with van der Waals surface area (Å²) < 4.78 is 10.3. The fourth-order valence-electron chi connectivity index (χ4n) is 3.48. The van der Waals surface area contributed by atoms with Crippen molar-refractivity contribution in [3.63, 3.8) is 0 Å². The molecular weight excluding hydrogens is 356 g/mol. The molecule has 2 aromatic carbocycles. The molecule has 148 valence electrons. The van der Waals surface area contributed by atoms with Gasteiger partial charge in [0, 0.05) is 29.3 Å². The maximum absolute atomic E-state index is 12.5. The average Bonchev–Trinajstić information content (AvgIpc) is 2.74. The molecule has 0 unspecified atom stereocenters. The third-order valence-electron chi connectivity index (χ3n) is 5.16. The number of carbonyl (C=O) groups excluding carboxylic acids is 2. The first kappa shape index (κ1) is 19.7. The van der Waals surface area contributed by atoms with Crippen LogP contribution in [-0.2, 0) is 9.59 Å². The Labute approximate surface area is 165 Å². The lowest BCUT2D eigenvalue weighted by Crippen LogP contribution is -2.32. The molecule has 2 aromatic rings. The first-order valence-electron chi connectivity index (χ1n) is 9.49. The first-order valence-corrected chi connectivity index (χ1v) is 9.49. The molecule has 0 radical (unpaired) electrons. The summed E-state index contributed by atoms with van der Waals surface area (Å²) in [6, 6.07) is 14.6. The quantitative estimate of drug-likeness (QED) is 0.789. The monoisotopic (exact) mass is 382 g/mol. The summed E-state index contributed by atoms with van der Waals surface area (Å²) in [4.78, 5) is 25.0. The molecule has 1 aliphatic rings. The molecule has 2 amide bonds. The van der Waals surface area contributed by atoms with Gasteiger partial charge in [0.25, 0.3) is 0 Å². The molecule has 0 aromatic heterocycles. The maximum atomic E-state index is 12.5. The normalized spacial score (nSPS) is 18.8. The van der Waals surface area contributed by atoms with Crippen molar-refractivity contribution in [2.24, 2.45) is 11.8 Å². The maximum Gasteiger partial charge on any atom is 0.227 e. The number of carbonyl (C=O) groups is 2. The van der Waals surface area contributed by atoms with Crippen LogP contribution >= 0.6 is 0 Å². The van der Waals surface area contributed by atoms with Gasteiger partial charge < -0.3 is 20.1 Å². The molecule has 0 heterocycles. The van der Waals surface area contributed by atoms with Crippen LogP contribution in [0.2, 0.25) is 0 Å². The third kappa shape index (κ3) is 5.03. The molecule has 1 saturated carbocycles. The lowest BCUT2D eigenvalue weighted by atomic mass is 9.81. The summed E-state index contributed by atoms with van der Waals surface area (Å²) in [5.74, 6) is 1.33. The van der Waals surface area contributed by atoms with Crippen LogP contribution in [0.5, 0.6) is 11.5 Å². The van der Waals surface area contributed by atoms with Crippen molar-refractivity contribution < 1.29 is 19.1 Å². The van der Waals surface area contributed by atoms with Crippen molar-refractivity contribution in [3.05, 3.63) is 48.5 Å². The number of hydrogen-bond acceptors (Lipinski definition) is 4. The molecule has 0 saturated heterocycles. The van der Waals surface area contributed by atoms with Gasteiger partial charge >= 0.3 is 0 Å². The van der Waals surface area contributed by atoms with E-state index in [0.29, 0.717) is 31.4 Å². The Morgan fingerprint density at radius 3 is 1.82 bits per heavy atom. The predicted octanol–water partition coefficient (Wildman–Crippen LogP) is 4.09. The van der Waals surface area contributed by atoms with E-state index < -0.39 is 0 Å². The summed E-state index contributed by atoms with van der Waals surface area (Å²) in [5.41, 5.74) is 1.48. The topological polar surface area (TPSA) is 76.7 Å². The zero-order valence-corrected chi connectivity index (χ0v) is 16.2. The highest BCUT2D eigenvalue weighted by Gasteiger charge is 2.30. The van der Waals surface area contributed by atoms with Crippen LogP contribution in [-0.4, -0.2) is 26.0 Å². The Bertz CT molecular complexity index is 812. The van der Waals surface area contributed by atoms with Gasteiger partial charge in [0.15, 0.2) is 0 Å². The standard InChI is InChI=1S/C22H26N2O4/c1-27-19-12-10-17(11-13-19)23-21(25)15-6-8-16(9-7-15)22(26)24-18-4-3-5-20(14-18)28-2/h3-5,10-16H,6-9H2,1-2H3,(H,23,25)(H,24,26). The van der Waals surface area contributed by atoms with Crippen LogP contribution in [0.25, 0.3) is 0 Å². The molecular formula is C22H26N2O4. The fraction of sp³-hybridized carbons (Fsp3) is 0.364. The lowest BCUT2D eigenvalue weighted by Gasteiger charge is -2.27. The Hall–Kier alpha value is -3.02. The van der Waals surface area contributed by atoms with Crippen LogP contribution in [0.4, 0.5) is 11.4 Å². The van der Waals surface area contributed by atoms with E-state index in [2.05, 4.69) is 10.6 Å². The zero-order valence-electron chi connectivity index (χ0n) is 16.2. The van der Waals surface area contributed by atoms with Crippen molar-refractivity contribution in [1.82, 2.24) is 0 Å². The van der Waals surface area contributed by atoms with Crippen molar-refractivity contribution in [2.45, 2.75) is 25.7 Å². The summed E-state index contributed by atoms with van der Waals surface area (Å²) in [6.45, 7) is 0. The molecule has 0 aliphatic heterocycles. The first-order chi connectivity index (χ1) is 13.6. The molecule has 1 fully saturated rings. The van der Waals surface area contributed by atoms with E-state index in [9.17, 15) is 9.59 Å². The molecule has 2 N–H and O–H groups in total. The van der Waals surface area contributed by atoms with E-state index in [1.807, 2.05) is 42.5 Å². The minimum atomic E-state index is -0.0729. The van der Waals surface area contributed by atoms with Gasteiger partial charge in [0.2, 0.25) is 11.8 Å². The molecule has 1 aliphatic carbocycles. The molecule has 6 nitrogen and oxygen atoms in total. The van der Waals surface area contributed by atoms with Crippen molar-refractivity contribution in [1.29, 1.82) is 0 Å². The highest BCUT2D eigenvalue weighted by atomic mass is 16.5. The van der Waals surface area contributed by atoms with E-state index in [0.717, 1.165) is 17.1 Å². The third-order valence-corrected chi connectivity index (χ3v) is 5.16. The fourth-order valence-corrected chi connectivity index (χ4v) is 3.48. The van der Waals surface area contributed by atoms with E-state index in [-0.39, 0.29) is 23.7 Å². The number of hydrogen-bond donors (Lipinski definition) is 2. The number of ether oxygens (including phenoxy) is 2. The second-order valence-electron chi connectivity index (χ2n) is 6.99.